The van der Waals surface area contributed by atoms with Crippen LogP contribution in [0.3, 0.4) is 0 Å². The molecule has 0 fully saturated rings. The first kappa shape index (κ1) is 21.1. The first-order chi connectivity index (χ1) is 10.2. The van der Waals surface area contributed by atoms with E-state index < -0.39 is 0 Å². The molecule has 22 heavy (non-hydrogen) atoms. The molecule has 0 saturated heterocycles. The van der Waals surface area contributed by atoms with Crippen molar-refractivity contribution in [2.24, 2.45) is 12.0 Å². The molecule has 1 aromatic rings. The summed E-state index contributed by atoms with van der Waals surface area (Å²) in [7, 11) is 3.66. The van der Waals surface area contributed by atoms with Crippen LogP contribution in [0.5, 0.6) is 0 Å². The molecule has 8 heteroatoms. The minimum Gasteiger partial charge on any atom is -0.356 e. The van der Waals surface area contributed by atoms with Gasteiger partial charge in [-0.3, -0.25) is 9.67 Å². The first-order valence-corrected chi connectivity index (χ1v) is 7.71. The van der Waals surface area contributed by atoms with E-state index in [1.54, 1.807) is 18.1 Å². The Morgan fingerprint density at radius 1 is 1.27 bits per heavy atom. The quantitative estimate of drug-likeness (QED) is 0.271. The van der Waals surface area contributed by atoms with Crippen molar-refractivity contribution in [3.8, 4) is 0 Å². The summed E-state index contributed by atoms with van der Waals surface area (Å²) in [4.78, 5) is 10.8. The smallest absolute Gasteiger partial charge is 0.191 e. The number of hydrogen-bond acceptors (Lipinski definition) is 4. The van der Waals surface area contributed by atoms with E-state index in [0.29, 0.717) is 6.54 Å². The number of aliphatic imine (C=N–C) groups is 1. The van der Waals surface area contributed by atoms with Crippen molar-refractivity contribution in [2.45, 2.75) is 33.2 Å². The summed E-state index contributed by atoms with van der Waals surface area (Å²) in [6.45, 7) is 9.39. The van der Waals surface area contributed by atoms with Gasteiger partial charge in [0.15, 0.2) is 5.96 Å². The normalized spacial score (nSPS) is 11.4. The Hall–Kier alpha value is -0.900. The summed E-state index contributed by atoms with van der Waals surface area (Å²) in [5, 5.41) is 10.6. The maximum absolute atomic E-state index is 4.21. The van der Waals surface area contributed by atoms with Gasteiger partial charge >= 0.3 is 0 Å². The van der Waals surface area contributed by atoms with Gasteiger partial charge in [-0.05, 0) is 32.5 Å². The highest BCUT2D eigenvalue weighted by atomic mass is 127. The largest absolute Gasteiger partial charge is 0.356 e. The molecule has 7 nitrogen and oxygen atoms in total. The van der Waals surface area contributed by atoms with Crippen LogP contribution >= 0.6 is 24.0 Å². The molecule has 2 N–H and O–H groups in total. The van der Waals surface area contributed by atoms with E-state index in [0.717, 1.165) is 37.8 Å². The molecule has 0 bridgehead atoms. The zero-order valence-electron chi connectivity index (χ0n) is 14.2. The zero-order valence-corrected chi connectivity index (χ0v) is 16.5. The van der Waals surface area contributed by atoms with E-state index in [1.165, 1.54) is 13.0 Å². The predicted octanol–water partition coefficient (Wildman–Crippen LogP) is 1.22. The van der Waals surface area contributed by atoms with Crippen LogP contribution in [0.15, 0.2) is 11.3 Å². The summed E-state index contributed by atoms with van der Waals surface area (Å²) >= 11 is 0. The molecule has 1 heterocycles. The van der Waals surface area contributed by atoms with Crippen LogP contribution in [0.25, 0.3) is 0 Å². The Labute approximate surface area is 151 Å². The Bertz CT molecular complexity index is 415. The molecule has 0 aromatic carbocycles. The van der Waals surface area contributed by atoms with Gasteiger partial charge in [-0.1, -0.05) is 13.8 Å². The van der Waals surface area contributed by atoms with E-state index in [-0.39, 0.29) is 24.0 Å². The average molecular weight is 423 g/mol. The van der Waals surface area contributed by atoms with Crippen molar-refractivity contribution in [2.75, 3.05) is 33.2 Å². The predicted molar refractivity (Wildman–Crippen MR) is 102 cm³/mol. The van der Waals surface area contributed by atoms with Gasteiger partial charge in [0.2, 0.25) is 0 Å². The molecule has 128 valence electrons. The molecule has 0 atom stereocenters. The molecule has 1 aromatic heterocycles. The van der Waals surface area contributed by atoms with E-state index in [9.17, 15) is 0 Å². The lowest BCUT2D eigenvalue weighted by Gasteiger charge is -2.17. The van der Waals surface area contributed by atoms with Crippen LogP contribution in [-0.2, 0) is 13.6 Å². The number of nitrogens with zero attached hydrogens (tertiary/aromatic N) is 5. The lowest BCUT2D eigenvalue weighted by atomic mass is 10.3. The summed E-state index contributed by atoms with van der Waals surface area (Å²) in [5.74, 6) is 1.69. The molecular weight excluding hydrogens is 393 g/mol. The average Bonchev–Trinajstić information content (AvgIpc) is 2.91. The SMILES string of the molecule is CCN(CC)CCCCNC(=NC)NCc1ncnn1C.I. The topological polar surface area (TPSA) is 70.4 Å². The maximum atomic E-state index is 4.21. The Balaban J connectivity index is 0.00000441. The lowest BCUT2D eigenvalue weighted by molar-refractivity contribution is 0.297. The second-order valence-corrected chi connectivity index (χ2v) is 4.89. The van der Waals surface area contributed by atoms with Crippen molar-refractivity contribution in [1.82, 2.24) is 30.3 Å². The summed E-state index contributed by atoms with van der Waals surface area (Å²) in [5.41, 5.74) is 0. The van der Waals surface area contributed by atoms with Gasteiger partial charge in [0.05, 0.1) is 6.54 Å². The molecule has 0 saturated carbocycles. The van der Waals surface area contributed by atoms with Crippen LogP contribution < -0.4 is 10.6 Å². The number of nitrogens with one attached hydrogen (secondary N) is 2. The number of aromatic nitrogens is 3. The van der Waals surface area contributed by atoms with Gasteiger partial charge < -0.3 is 15.5 Å². The van der Waals surface area contributed by atoms with Crippen LogP contribution in [0.4, 0.5) is 0 Å². The minimum absolute atomic E-state index is 0. The Morgan fingerprint density at radius 3 is 2.55 bits per heavy atom. The fraction of sp³-hybridized carbons (Fsp3) is 0.786. The molecule has 0 aliphatic carbocycles. The van der Waals surface area contributed by atoms with Gasteiger partial charge in [0.25, 0.3) is 0 Å². The van der Waals surface area contributed by atoms with Crippen molar-refractivity contribution in [1.29, 1.82) is 0 Å². The maximum Gasteiger partial charge on any atom is 0.191 e. The van der Waals surface area contributed by atoms with Crippen LogP contribution in [0, 0.1) is 0 Å². The van der Waals surface area contributed by atoms with Crippen molar-refractivity contribution < 1.29 is 0 Å². The molecule has 0 aliphatic heterocycles. The van der Waals surface area contributed by atoms with Crippen molar-refractivity contribution in [3.63, 3.8) is 0 Å². The Morgan fingerprint density at radius 2 is 2.00 bits per heavy atom. The van der Waals surface area contributed by atoms with Gasteiger partial charge in [-0.25, -0.2) is 4.98 Å². The molecule has 0 unspecified atom stereocenters. The number of rotatable bonds is 9. The second kappa shape index (κ2) is 12.6. The zero-order chi connectivity index (χ0) is 15.5. The van der Waals surface area contributed by atoms with Gasteiger partial charge in [0.1, 0.15) is 12.2 Å². The highest BCUT2D eigenvalue weighted by Gasteiger charge is 2.02. The number of halogens is 1. The summed E-state index contributed by atoms with van der Waals surface area (Å²) in [6.07, 6.45) is 3.90. The van der Waals surface area contributed by atoms with Gasteiger partial charge in [-0.2, -0.15) is 5.10 Å². The van der Waals surface area contributed by atoms with Gasteiger partial charge in [-0.15, -0.1) is 24.0 Å². The van der Waals surface area contributed by atoms with Crippen molar-refractivity contribution >= 4 is 29.9 Å². The van der Waals surface area contributed by atoms with E-state index in [4.69, 9.17) is 0 Å². The molecule has 0 radical (unpaired) electrons. The van der Waals surface area contributed by atoms with Crippen LogP contribution in [0.2, 0.25) is 0 Å². The molecular formula is C14H30IN7. The third-order valence-electron chi connectivity index (χ3n) is 3.53. The fourth-order valence-electron chi connectivity index (χ4n) is 2.07. The van der Waals surface area contributed by atoms with Crippen LogP contribution in [-0.4, -0.2) is 58.9 Å². The van der Waals surface area contributed by atoms with Crippen molar-refractivity contribution in [3.05, 3.63) is 12.2 Å². The van der Waals surface area contributed by atoms with E-state index in [1.807, 2.05) is 7.05 Å². The monoisotopic (exact) mass is 423 g/mol. The summed E-state index contributed by atoms with van der Waals surface area (Å²) < 4.78 is 1.75. The minimum atomic E-state index is 0. The van der Waals surface area contributed by atoms with Gasteiger partial charge in [0, 0.05) is 20.6 Å². The highest BCUT2D eigenvalue weighted by Crippen LogP contribution is 1.94. The standard InChI is InChI=1S/C14H29N7.HI/c1-5-21(6-2)10-8-7-9-16-14(15-3)17-11-13-18-12-19-20(13)4;/h12H,5-11H2,1-4H3,(H2,15,16,17);1H. The van der Waals surface area contributed by atoms with E-state index >= 15 is 0 Å². The first-order valence-electron chi connectivity index (χ1n) is 7.71. The fourth-order valence-corrected chi connectivity index (χ4v) is 2.07. The number of aryl methyl sites for hydroxylation is 1. The lowest BCUT2D eigenvalue weighted by Crippen LogP contribution is -2.38. The molecule has 0 amide bonds. The van der Waals surface area contributed by atoms with E-state index in [2.05, 4.69) is 44.5 Å². The molecule has 0 spiro atoms. The second-order valence-electron chi connectivity index (χ2n) is 4.89. The number of guanidine groups is 1. The highest BCUT2D eigenvalue weighted by molar-refractivity contribution is 14.0. The molecule has 1 rings (SSSR count). The third kappa shape index (κ3) is 7.92. The number of unbranched alkanes of at least 4 members (excludes halogenated alkanes) is 1. The van der Waals surface area contributed by atoms with Crippen LogP contribution in [0.1, 0.15) is 32.5 Å². The summed E-state index contributed by atoms with van der Waals surface area (Å²) in [6, 6.07) is 0. The number of hydrogen-bond donors (Lipinski definition) is 2. The molecule has 0 aliphatic rings. The third-order valence-corrected chi connectivity index (χ3v) is 3.53. The Kier molecular flexibility index (Phi) is 12.1.